The first kappa shape index (κ1) is 13.8. The van der Waals surface area contributed by atoms with Gasteiger partial charge in [0.25, 0.3) is 0 Å². The highest BCUT2D eigenvalue weighted by molar-refractivity contribution is 6.09. The van der Waals surface area contributed by atoms with E-state index in [1.165, 1.54) is 6.08 Å². The first-order valence-corrected chi connectivity index (χ1v) is 5.50. The van der Waals surface area contributed by atoms with Crippen LogP contribution in [0.25, 0.3) is 0 Å². The second-order valence-corrected chi connectivity index (χ2v) is 3.24. The number of para-hydroxylation sites is 1. The predicted molar refractivity (Wildman–Crippen MR) is 67.5 cm³/mol. The molecule has 5 nitrogen and oxygen atoms in total. The molecule has 0 heterocycles. The van der Waals surface area contributed by atoms with Crippen molar-refractivity contribution in [1.82, 2.24) is 0 Å². The van der Waals surface area contributed by atoms with Gasteiger partial charge in [-0.2, -0.15) is 4.90 Å². The lowest BCUT2D eigenvalue weighted by atomic mass is 10.3. The van der Waals surface area contributed by atoms with Gasteiger partial charge in [-0.05, 0) is 19.1 Å². The SMILES string of the molecule is C=CCOC(=O)N(C(=O)OCC)c1ccccc1. The summed E-state index contributed by atoms with van der Waals surface area (Å²) < 4.78 is 9.66. The average molecular weight is 249 g/mol. The van der Waals surface area contributed by atoms with Gasteiger partial charge in [0.2, 0.25) is 0 Å². The summed E-state index contributed by atoms with van der Waals surface area (Å²) in [6.07, 6.45) is -0.135. The molecule has 5 heteroatoms. The second-order valence-electron chi connectivity index (χ2n) is 3.24. The Kier molecular flexibility index (Phi) is 5.44. The van der Waals surface area contributed by atoms with E-state index >= 15 is 0 Å². The van der Waals surface area contributed by atoms with Crippen molar-refractivity contribution >= 4 is 17.9 Å². The van der Waals surface area contributed by atoms with Crippen LogP contribution >= 0.6 is 0 Å². The molecule has 18 heavy (non-hydrogen) atoms. The van der Waals surface area contributed by atoms with Crippen LogP contribution in [0.1, 0.15) is 6.92 Å². The molecule has 0 atom stereocenters. The monoisotopic (exact) mass is 249 g/mol. The smallest absolute Gasteiger partial charge is 0.424 e. The van der Waals surface area contributed by atoms with Gasteiger partial charge in [-0.1, -0.05) is 30.9 Å². The van der Waals surface area contributed by atoms with Crippen LogP contribution in [0, 0.1) is 0 Å². The Morgan fingerprint density at radius 3 is 2.39 bits per heavy atom. The van der Waals surface area contributed by atoms with Gasteiger partial charge in [0, 0.05) is 0 Å². The molecular formula is C13H15NO4. The van der Waals surface area contributed by atoms with E-state index in [0.29, 0.717) is 5.69 Å². The lowest BCUT2D eigenvalue weighted by molar-refractivity contribution is 0.143. The van der Waals surface area contributed by atoms with Crippen molar-refractivity contribution in [2.75, 3.05) is 18.1 Å². The van der Waals surface area contributed by atoms with Gasteiger partial charge >= 0.3 is 12.2 Å². The van der Waals surface area contributed by atoms with Crippen molar-refractivity contribution in [3.05, 3.63) is 43.0 Å². The number of rotatable bonds is 4. The number of imide groups is 1. The maximum Gasteiger partial charge on any atom is 0.424 e. The van der Waals surface area contributed by atoms with Crippen molar-refractivity contribution in [2.24, 2.45) is 0 Å². The van der Waals surface area contributed by atoms with Gasteiger partial charge in [-0.25, -0.2) is 9.59 Å². The normalized spacial score (nSPS) is 9.39. The maximum atomic E-state index is 11.8. The van der Waals surface area contributed by atoms with Crippen molar-refractivity contribution in [3.8, 4) is 0 Å². The number of ether oxygens (including phenoxy) is 2. The van der Waals surface area contributed by atoms with E-state index < -0.39 is 12.2 Å². The van der Waals surface area contributed by atoms with Crippen LogP contribution in [0.5, 0.6) is 0 Å². The standard InChI is InChI=1S/C13H15NO4/c1-3-10-18-13(16)14(12(15)17-4-2)11-8-6-5-7-9-11/h3,5-9H,1,4,10H2,2H3. The van der Waals surface area contributed by atoms with Gasteiger partial charge in [-0.3, -0.25) is 0 Å². The molecule has 1 aromatic rings. The first-order chi connectivity index (χ1) is 8.70. The molecule has 0 saturated heterocycles. The highest BCUT2D eigenvalue weighted by Gasteiger charge is 2.25. The van der Waals surface area contributed by atoms with Crippen LogP contribution < -0.4 is 4.90 Å². The van der Waals surface area contributed by atoms with E-state index in [-0.39, 0.29) is 13.2 Å². The third-order valence-corrected chi connectivity index (χ3v) is 1.97. The number of nitrogens with zero attached hydrogens (tertiary/aromatic N) is 1. The predicted octanol–water partition coefficient (Wildman–Crippen LogP) is 2.97. The lowest BCUT2D eigenvalue weighted by Gasteiger charge is -2.19. The first-order valence-electron chi connectivity index (χ1n) is 5.50. The molecule has 0 fully saturated rings. The molecule has 1 aromatic carbocycles. The Morgan fingerprint density at radius 1 is 1.22 bits per heavy atom. The van der Waals surface area contributed by atoms with Gasteiger partial charge in [0.15, 0.2) is 0 Å². The highest BCUT2D eigenvalue weighted by Crippen LogP contribution is 2.15. The second kappa shape index (κ2) is 7.11. The van der Waals surface area contributed by atoms with E-state index in [0.717, 1.165) is 4.90 Å². The summed E-state index contributed by atoms with van der Waals surface area (Å²) in [6, 6.07) is 8.44. The molecule has 0 N–H and O–H groups in total. The molecule has 0 aliphatic heterocycles. The molecule has 2 amide bonds. The number of carbonyl (C=O) groups is 2. The molecule has 96 valence electrons. The summed E-state index contributed by atoms with van der Waals surface area (Å²) in [5, 5.41) is 0. The molecule has 0 aliphatic carbocycles. The van der Waals surface area contributed by atoms with E-state index in [1.807, 2.05) is 0 Å². The van der Waals surface area contributed by atoms with Crippen LogP contribution in [0.4, 0.5) is 15.3 Å². The highest BCUT2D eigenvalue weighted by atomic mass is 16.6. The Bertz CT molecular complexity index is 416. The summed E-state index contributed by atoms with van der Waals surface area (Å²) >= 11 is 0. The minimum absolute atomic E-state index is 0.0293. The van der Waals surface area contributed by atoms with E-state index in [1.54, 1.807) is 37.3 Å². The number of hydrogen-bond acceptors (Lipinski definition) is 4. The van der Waals surface area contributed by atoms with Crippen LogP contribution in [-0.2, 0) is 9.47 Å². The van der Waals surface area contributed by atoms with E-state index in [4.69, 9.17) is 9.47 Å². The zero-order chi connectivity index (χ0) is 13.4. The lowest BCUT2D eigenvalue weighted by Crippen LogP contribution is -2.38. The zero-order valence-corrected chi connectivity index (χ0v) is 10.2. The molecule has 1 rings (SSSR count). The molecule has 0 aromatic heterocycles. The van der Waals surface area contributed by atoms with E-state index in [2.05, 4.69) is 6.58 Å². The maximum absolute atomic E-state index is 11.8. The Hall–Kier alpha value is -2.30. The molecule has 0 aliphatic rings. The Balaban J connectivity index is 2.91. The number of anilines is 1. The molecule has 0 saturated carbocycles. The minimum Gasteiger partial charge on any atom is -0.449 e. The van der Waals surface area contributed by atoms with Gasteiger partial charge < -0.3 is 9.47 Å². The van der Waals surface area contributed by atoms with Crippen molar-refractivity contribution in [1.29, 1.82) is 0 Å². The summed E-state index contributed by atoms with van der Waals surface area (Å²) in [5.41, 5.74) is 0.394. The quantitative estimate of drug-likeness (QED) is 0.770. The topological polar surface area (TPSA) is 55.8 Å². The fourth-order valence-corrected chi connectivity index (χ4v) is 1.25. The Labute approximate surface area is 106 Å². The zero-order valence-electron chi connectivity index (χ0n) is 10.2. The third kappa shape index (κ3) is 3.62. The summed E-state index contributed by atoms with van der Waals surface area (Å²) in [5.74, 6) is 0. The van der Waals surface area contributed by atoms with Gasteiger partial charge in [0.1, 0.15) is 6.61 Å². The Morgan fingerprint density at radius 2 is 1.83 bits per heavy atom. The van der Waals surface area contributed by atoms with Gasteiger partial charge in [0.05, 0.1) is 12.3 Å². The number of benzene rings is 1. The molecule has 0 unspecified atom stereocenters. The van der Waals surface area contributed by atoms with E-state index in [9.17, 15) is 9.59 Å². The summed E-state index contributed by atoms with van der Waals surface area (Å²) in [4.78, 5) is 24.3. The van der Waals surface area contributed by atoms with Crippen LogP contribution in [-0.4, -0.2) is 25.4 Å². The van der Waals surface area contributed by atoms with Crippen LogP contribution in [0.2, 0.25) is 0 Å². The van der Waals surface area contributed by atoms with Crippen LogP contribution in [0.3, 0.4) is 0 Å². The summed E-state index contributed by atoms with van der Waals surface area (Å²) in [6.45, 7) is 5.30. The number of carbonyl (C=O) groups excluding carboxylic acids is 2. The fraction of sp³-hybridized carbons (Fsp3) is 0.231. The van der Waals surface area contributed by atoms with Gasteiger partial charge in [-0.15, -0.1) is 0 Å². The molecule has 0 bridgehead atoms. The largest absolute Gasteiger partial charge is 0.449 e. The summed E-state index contributed by atoms with van der Waals surface area (Å²) in [7, 11) is 0. The molecular weight excluding hydrogens is 234 g/mol. The molecule has 0 spiro atoms. The minimum atomic E-state index is -0.792. The third-order valence-electron chi connectivity index (χ3n) is 1.97. The van der Waals surface area contributed by atoms with Crippen LogP contribution in [0.15, 0.2) is 43.0 Å². The number of hydrogen-bond donors (Lipinski definition) is 0. The van der Waals surface area contributed by atoms with Crippen molar-refractivity contribution in [3.63, 3.8) is 0 Å². The molecule has 0 radical (unpaired) electrons. The fourth-order valence-electron chi connectivity index (χ4n) is 1.25. The average Bonchev–Trinajstić information content (AvgIpc) is 2.38. The van der Waals surface area contributed by atoms with Crippen molar-refractivity contribution in [2.45, 2.75) is 6.92 Å². The number of amides is 2. The van der Waals surface area contributed by atoms with Crippen molar-refractivity contribution < 1.29 is 19.1 Å².